The first-order valence-electron chi connectivity index (χ1n) is 7.95. The first-order chi connectivity index (χ1) is 11.0. The second-order valence-electron chi connectivity index (χ2n) is 6.07. The molecule has 1 aromatic carbocycles. The lowest BCUT2D eigenvalue weighted by molar-refractivity contribution is -0.384. The summed E-state index contributed by atoms with van der Waals surface area (Å²) in [6.07, 6.45) is 3.01. The molecule has 1 amide bonds. The lowest BCUT2D eigenvalue weighted by atomic mass is 10.1. The highest BCUT2D eigenvalue weighted by atomic mass is 16.6. The number of nitro benzene ring substituents is 1. The van der Waals surface area contributed by atoms with E-state index in [1.54, 1.807) is 6.07 Å². The molecule has 126 valence electrons. The van der Waals surface area contributed by atoms with Gasteiger partial charge in [-0.2, -0.15) is 0 Å². The van der Waals surface area contributed by atoms with Crippen LogP contribution in [0.3, 0.4) is 0 Å². The zero-order valence-electron chi connectivity index (χ0n) is 13.7. The van der Waals surface area contributed by atoms with Crippen LogP contribution in [-0.4, -0.2) is 56.0 Å². The van der Waals surface area contributed by atoms with Crippen LogP contribution >= 0.6 is 0 Å². The van der Waals surface area contributed by atoms with Gasteiger partial charge in [-0.25, -0.2) is 0 Å². The number of rotatable bonds is 7. The van der Waals surface area contributed by atoms with E-state index in [1.807, 2.05) is 14.1 Å². The van der Waals surface area contributed by atoms with Gasteiger partial charge in [-0.05, 0) is 46.0 Å². The standard InChI is InChI=1S/C16H24N4O3/c1-18(2)9-5-8-17-16(21)14-12-13(20(22)23)6-7-15(14)19-10-3-4-11-19/h6-7,12H,3-5,8-11H2,1-2H3,(H,17,21). The summed E-state index contributed by atoms with van der Waals surface area (Å²) in [5.74, 6) is -0.241. The molecule has 7 heteroatoms. The van der Waals surface area contributed by atoms with E-state index in [0.717, 1.165) is 44.6 Å². The van der Waals surface area contributed by atoms with E-state index >= 15 is 0 Å². The number of non-ortho nitro benzene ring substituents is 1. The Morgan fingerprint density at radius 2 is 2.04 bits per heavy atom. The summed E-state index contributed by atoms with van der Waals surface area (Å²) >= 11 is 0. The third-order valence-electron chi connectivity index (χ3n) is 3.95. The number of carbonyl (C=O) groups is 1. The topological polar surface area (TPSA) is 78.7 Å². The molecule has 1 heterocycles. The van der Waals surface area contributed by atoms with E-state index in [-0.39, 0.29) is 11.6 Å². The van der Waals surface area contributed by atoms with Gasteiger partial charge in [0.1, 0.15) is 0 Å². The van der Waals surface area contributed by atoms with Gasteiger partial charge < -0.3 is 15.1 Å². The highest BCUT2D eigenvalue weighted by molar-refractivity contribution is 6.00. The van der Waals surface area contributed by atoms with Crippen molar-refractivity contribution in [1.29, 1.82) is 0 Å². The van der Waals surface area contributed by atoms with Gasteiger partial charge in [0.15, 0.2) is 0 Å². The molecule has 23 heavy (non-hydrogen) atoms. The van der Waals surface area contributed by atoms with Gasteiger partial charge in [0.05, 0.1) is 16.2 Å². The first-order valence-corrected chi connectivity index (χ1v) is 7.95. The molecule has 0 aliphatic carbocycles. The molecule has 0 saturated carbocycles. The van der Waals surface area contributed by atoms with Crippen LogP contribution in [-0.2, 0) is 0 Å². The SMILES string of the molecule is CN(C)CCCNC(=O)c1cc([N+](=O)[O-])ccc1N1CCCC1. The number of hydrogen-bond donors (Lipinski definition) is 1. The molecule has 1 aromatic rings. The fraction of sp³-hybridized carbons (Fsp3) is 0.562. The fourth-order valence-corrected chi connectivity index (χ4v) is 2.75. The summed E-state index contributed by atoms with van der Waals surface area (Å²) in [6, 6.07) is 4.55. The molecular weight excluding hydrogens is 296 g/mol. The molecule has 1 N–H and O–H groups in total. The maximum absolute atomic E-state index is 12.5. The number of hydrogen-bond acceptors (Lipinski definition) is 5. The fourth-order valence-electron chi connectivity index (χ4n) is 2.75. The largest absolute Gasteiger partial charge is 0.371 e. The molecule has 0 atom stereocenters. The number of anilines is 1. The first kappa shape index (κ1) is 17.2. The molecule has 0 radical (unpaired) electrons. The summed E-state index contributed by atoms with van der Waals surface area (Å²) in [6.45, 7) is 3.21. The van der Waals surface area contributed by atoms with Crippen LogP contribution in [0.5, 0.6) is 0 Å². The van der Waals surface area contributed by atoms with Gasteiger partial charge >= 0.3 is 0 Å². The van der Waals surface area contributed by atoms with E-state index < -0.39 is 4.92 Å². The highest BCUT2D eigenvalue weighted by Crippen LogP contribution is 2.28. The molecule has 0 aromatic heterocycles. The quantitative estimate of drug-likeness (QED) is 0.471. The molecule has 0 bridgehead atoms. The zero-order valence-corrected chi connectivity index (χ0v) is 13.7. The highest BCUT2D eigenvalue weighted by Gasteiger charge is 2.22. The van der Waals surface area contributed by atoms with Crippen molar-refractivity contribution >= 4 is 17.3 Å². The molecule has 0 unspecified atom stereocenters. The smallest absolute Gasteiger partial charge is 0.270 e. The molecule has 2 rings (SSSR count). The Morgan fingerprint density at radius 3 is 2.65 bits per heavy atom. The Morgan fingerprint density at radius 1 is 1.35 bits per heavy atom. The maximum Gasteiger partial charge on any atom is 0.270 e. The van der Waals surface area contributed by atoms with E-state index in [1.165, 1.54) is 12.1 Å². The van der Waals surface area contributed by atoms with Crippen molar-refractivity contribution in [2.45, 2.75) is 19.3 Å². The van der Waals surface area contributed by atoms with Crippen LogP contribution in [0.15, 0.2) is 18.2 Å². The average molecular weight is 320 g/mol. The summed E-state index contributed by atoms with van der Waals surface area (Å²) in [7, 11) is 3.96. The third kappa shape index (κ3) is 4.66. The van der Waals surface area contributed by atoms with E-state index in [4.69, 9.17) is 0 Å². The predicted octanol–water partition coefficient (Wildman–Crippen LogP) is 1.88. The summed E-state index contributed by atoms with van der Waals surface area (Å²) in [4.78, 5) is 27.2. The normalized spacial score (nSPS) is 14.3. The Labute approximate surface area is 136 Å². The van der Waals surface area contributed by atoms with Gasteiger partial charge in [-0.15, -0.1) is 0 Å². The molecule has 1 aliphatic rings. The van der Waals surface area contributed by atoms with Gasteiger partial charge in [-0.1, -0.05) is 0 Å². The number of nitro groups is 1. The molecule has 7 nitrogen and oxygen atoms in total. The van der Waals surface area contributed by atoms with Crippen LogP contribution in [0, 0.1) is 10.1 Å². The lowest BCUT2D eigenvalue weighted by Crippen LogP contribution is -2.29. The monoisotopic (exact) mass is 320 g/mol. The third-order valence-corrected chi connectivity index (χ3v) is 3.95. The summed E-state index contributed by atoms with van der Waals surface area (Å²) < 4.78 is 0. The van der Waals surface area contributed by atoms with Gasteiger partial charge in [-0.3, -0.25) is 14.9 Å². The van der Waals surface area contributed by atoms with Crippen LogP contribution in [0.4, 0.5) is 11.4 Å². The van der Waals surface area contributed by atoms with Crippen molar-refractivity contribution in [3.05, 3.63) is 33.9 Å². The Kier molecular flexibility index (Phi) is 5.92. The molecular formula is C16H24N4O3. The van der Waals surface area contributed by atoms with Crippen molar-refractivity contribution < 1.29 is 9.72 Å². The van der Waals surface area contributed by atoms with E-state index in [9.17, 15) is 14.9 Å². The van der Waals surface area contributed by atoms with E-state index in [0.29, 0.717) is 12.1 Å². The maximum atomic E-state index is 12.5. The molecule has 1 saturated heterocycles. The molecule has 0 spiro atoms. The van der Waals surface area contributed by atoms with Crippen molar-refractivity contribution in [2.75, 3.05) is 45.2 Å². The van der Waals surface area contributed by atoms with E-state index in [2.05, 4.69) is 15.1 Å². The van der Waals surface area contributed by atoms with Gasteiger partial charge in [0, 0.05) is 31.8 Å². The molecule has 1 aliphatic heterocycles. The number of benzene rings is 1. The lowest BCUT2D eigenvalue weighted by Gasteiger charge is -2.21. The second-order valence-corrected chi connectivity index (χ2v) is 6.07. The zero-order chi connectivity index (χ0) is 16.8. The number of nitrogens with zero attached hydrogens (tertiary/aromatic N) is 3. The van der Waals surface area contributed by atoms with Crippen molar-refractivity contribution in [2.24, 2.45) is 0 Å². The Bertz CT molecular complexity index is 568. The summed E-state index contributed by atoms with van der Waals surface area (Å²) in [5, 5.41) is 13.9. The van der Waals surface area contributed by atoms with Crippen LogP contribution < -0.4 is 10.2 Å². The average Bonchev–Trinajstić information content (AvgIpc) is 3.04. The second kappa shape index (κ2) is 7.92. The molecule has 1 fully saturated rings. The number of carbonyl (C=O) groups excluding carboxylic acids is 1. The van der Waals surface area contributed by atoms with Crippen LogP contribution in [0.25, 0.3) is 0 Å². The summed E-state index contributed by atoms with van der Waals surface area (Å²) in [5.41, 5.74) is 1.13. The van der Waals surface area contributed by atoms with Gasteiger partial charge in [0.2, 0.25) is 0 Å². The van der Waals surface area contributed by atoms with Crippen LogP contribution in [0.1, 0.15) is 29.6 Å². The Balaban J connectivity index is 2.14. The minimum atomic E-state index is -0.462. The number of nitrogens with one attached hydrogen (secondary N) is 1. The Hall–Kier alpha value is -2.15. The van der Waals surface area contributed by atoms with Crippen molar-refractivity contribution in [1.82, 2.24) is 10.2 Å². The predicted molar refractivity (Wildman–Crippen MR) is 90.0 cm³/mol. The minimum absolute atomic E-state index is 0.0496. The van der Waals surface area contributed by atoms with Crippen LogP contribution in [0.2, 0.25) is 0 Å². The van der Waals surface area contributed by atoms with Gasteiger partial charge in [0.25, 0.3) is 11.6 Å². The number of amides is 1. The van der Waals surface area contributed by atoms with Crippen molar-refractivity contribution in [3.8, 4) is 0 Å². The van der Waals surface area contributed by atoms with Crippen molar-refractivity contribution in [3.63, 3.8) is 0 Å². The minimum Gasteiger partial charge on any atom is -0.371 e.